The summed E-state index contributed by atoms with van der Waals surface area (Å²) in [5.41, 5.74) is 5.79. The van der Waals surface area contributed by atoms with Gasteiger partial charge >= 0.3 is 0 Å². The van der Waals surface area contributed by atoms with Crippen LogP contribution in [0.1, 0.15) is 33.7 Å². The SMILES string of the molecule is Cc1nc2ccc(C(=O)Nc3ccc4c(c3)CCCO4)cc2nc1C. The fraction of sp³-hybridized carbons (Fsp3) is 0.250. The molecule has 0 spiro atoms. The molecule has 5 heteroatoms. The molecule has 4 rings (SSSR count). The van der Waals surface area contributed by atoms with Crippen LogP contribution >= 0.6 is 0 Å². The lowest BCUT2D eigenvalue weighted by Crippen LogP contribution is -2.13. The summed E-state index contributed by atoms with van der Waals surface area (Å²) in [6, 6.07) is 11.2. The Hall–Kier alpha value is -2.95. The Morgan fingerprint density at radius 2 is 1.84 bits per heavy atom. The van der Waals surface area contributed by atoms with Crippen molar-refractivity contribution in [1.82, 2.24) is 9.97 Å². The number of ether oxygens (including phenoxy) is 1. The van der Waals surface area contributed by atoms with Crippen molar-refractivity contribution in [1.29, 1.82) is 0 Å². The van der Waals surface area contributed by atoms with Gasteiger partial charge < -0.3 is 10.1 Å². The van der Waals surface area contributed by atoms with Gasteiger partial charge in [-0.15, -0.1) is 0 Å². The standard InChI is InChI=1S/C20H19N3O2/c1-12-13(2)22-18-11-15(5-7-17(18)21-12)20(24)23-16-6-8-19-14(10-16)4-3-9-25-19/h5-8,10-11H,3-4,9H2,1-2H3,(H,23,24). The summed E-state index contributed by atoms with van der Waals surface area (Å²) in [5, 5.41) is 2.96. The molecule has 5 nitrogen and oxygen atoms in total. The van der Waals surface area contributed by atoms with E-state index in [2.05, 4.69) is 15.3 Å². The molecule has 3 aromatic rings. The Labute approximate surface area is 146 Å². The Morgan fingerprint density at radius 1 is 1.04 bits per heavy atom. The van der Waals surface area contributed by atoms with Crippen molar-refractivity contribution in [3.05, 3.63) is 58.9 Å². The van der Waals surface area contributed by atoms with Crippen molar-refractivity contribution in [3.63, 3.8) is 0 Å². The minimum atomic E-state index is -0.154. The molecule has 0 aliphatic carbocycles. The van der Waals surface area contributed by atoms with Gasteiger partial charge in [0, 0.05) is 11.3 Å². The van der Waals surface area contributed by atoms with Gasteiger partial charge in [0.05, 0.1) is 29.0 Å². The molecule has 0 fully saturated rings. The molecule has 0 saturated heterocycles. The van der Waals surface area contributed by atoms with Gasteiger partial charge in [-0.3, -0.25) is 4.79 Å². The monoisotopic (exact) mass is 333 g/mol. The summed E-state index contributed by atoms with van der Waals surface area (Å²) < 4.78 is 5.61. The van der Waals surface area contributed by atoms with Crippen molar-refractivity contribution in [2.75, 3.05) is 11.9 Å². The van der Waals surface area contributed by atoms with Crippen LogP contribution in [-0.2, 0) is 6.42 Å². The van der Waals surface area contributed by atoms with E-state index < -0.39 is 0 Å². The molecule has 1 aliphatic heterocycles. The molecular formula is C20H19N3O2. The van der Waals surface area contributed by atoms with Crippen molar-refractivity contribution in [2.45, 2.75) is 26.7 Å². The van der Waals surface area contributed by atoms with Gasteiger partial charge in [0.1, 0.15) is 5.75 Å². The third kappa shape index (κ3) is 3.05. The van der Waals surface area contributed by atoms with Crippen LogP contribution in [0.25, 0.3) is 11.0 Å². The first-order chi connectivity index (χ1) is 12.1. The van der Waals surface area contributed by atoms with E-state index in [1.807, 2.05) is 38.1 Å². The lowest BCUT2D eigenvalue weighted by Gasteiger charge is -2.18. The van der Waals surface area contributed by atoms with Gasteiger partial charge in [0.25, 0.3) is 5.91 Å². The van der Waals surface area contributed by atoms with E-state index in [1.165, 1.54) is 0 Å². The highest BCUT2D eigenvalue weighted by Gasteiger charge is 2.13. The number of nitrogens with one attached hydrogen (secondary N) is 1. The molecule has 25 heavy (non-hydrogen) atoms. The van der Waals surface area contributed by atoms with Crippen molar-refractivity contribution in [3.8, 4) is 5.75 Å². The van der Waals surface area contributed by atoms with E-state index in [-0.39, 0.29) is 5.91 Å². The van der Waals surface area contributed by atoms with Crippen LogP contribution in [0.3, 0.4) is 0 Å². The third-order valence-corrected chi connectivity index (χ3v) is 4.50. The van der Waals surface area contributed by atoms with Crippen LogP contribution in [0.4, 0.5) is 5.69 Å². The highest BCUT2D eigenvalue weighted by molar-refractivity contribution is 6.06. The number of hydrogen-bond donors (Lipinski definition) is 1. The van der Waals surface area contributed by atoms with Crippen molar-refractivity contribution < 1.29 is 9.53 Å². The summed E-state index contributed by atoms with van der Waals surface area (Å²) in [6.45, 7) is 4.61. The highest BCUT2D eigenvalue weighted by atomic mass is 16.5. The first-order valence-corrected chi connectivity index (χ1v) is 8.42. The second-order valence-corrected chi connectivity index (χ2v) is 6.33. The molecule has 1 amide bonds. The Morgan fingerprint density at radius 3 is 2.68 bits per heavy atom. The van der Waals surface area contributed by atoms with Crippen LogP contribution in [-0.4, -0.2) is 22.5 Å². The molecule has 2 aromatic carbocycles. The average molecular weight is 333 g/mol. The van der Waals surface area contributed by atoms with Crippen LogP contribution in [0.2, 0.25) is 0 Å². The van der Waals surface area contributed by atoms with Crippen LogP contribution in [0, 0.1) is 13.8 Å². The minimum Gasteiger partial charge on any atom is -0.493 e. The molecule has 0 saturated carbocycles. The van der Waals surface area contributed by atoms with Crippen LogP contribution < -0.4 is 10.1 Å². The van der Waals surface area contributed by atoms with Gasteiger partial charge in [0.15, 0.2) is 0 Å². The second kappa shape index (κ2) is 6.16. The van der Waals surface area contributed by atoms with Crippen molar-refractivity contribution >= 4 is 22.6 Å². The Kier molecular flexibility index (Phi) is 3.84. The highest BCUT2D eigenvalue weighted by Crippen LogP contribution is 2.27. The maximum absolute atomic E-state index is 12.6. The molecule has 0 unspecified atom stereocenters. The van der Waals surface area contributed by atoms with Gasteiger partial charge in [-0.05, 0) is 68.7 Å². The molecule has 0 bridgehead atoms. The van der Waals surface area contributed by atoms with E-state index in [0.29, 0.717) is 5.56 Å². The van der Waals surface area contributed by atoms with E-state index in [0.717, 1.165) is 58.9 Å². The van der Waals surface area contributed by atoms with E-state index in [1.54, 1.807) is 12.1 Å². The molecule has 2 heterocycles. The molecule has 0 radical (unpaired) electrons. The fourth-order valence-electron chi connectivity index (χ4n) is 3.01. The molecular weight excluding hydrogens is 314 g/mol. The number of rotatable bonds is 2. The van der Waals surface area contributed by atoms with Gasteiger partial charge in [-0.1, -0.05) is 0 Å². The number of carbonyl (C=O) groups excluding carboxylic acids is 1. The predicted octanol–water partition coefficient (Wildman–Crippen LogP) is 3.82. The first kappa shape index (κ1) is 15.6. The summed E-state index contributed by atoms with van der Waals surface area (Å²) in [7, 11) is 0. The van der Waals surface area contributed by atoms with Crippen molar-refractivity contribution in [2.24, 2.45) is 0 Å². The molecule has 0 atom stereocenters. The number of aromatic nitrogens is 2. The maximum Gasteiger partial charge on any atom is 0.255 e. The van der Waals surface area contributed by atoms with E-state index in [9.17, 15) is 4.79 Å². The number of amides is 1. The van der Waals surface area contributed by atoms with Crippen LogP contribution in [0.15, 0.2) is 36.4 Å². The third-order valence-electron chi connectivity index (χ3n) is 4.50. The first-order valence-electron chi connectivity index (χ1n) is 8.42. The largest absolute Gasteiger partial charge is 0.493 e. The zero-order valence-corrected chi connectivity index (χ0v) is 14.3. The molecule has 1 aliphatic rings. The number of aryl methyl sites for hydroxylation is 3. The Bertz CT molecular complexity index is 982. The number of benzene rings is 2. The fourth-order valence-corrected chi connectivity index (χ4v) is 3.01. The Balaban J connectivity index is 1.60. The minimum absolute atomic E-state index is 0.154. The summed E-state index contributed by atoms with van der Waals surface area (Å²) >= 11 is 0. The predicted molar refractivity (Wildman–Crippen MR) is 97.2 cm³/mol. The number of anilines is 1. The average Bonchev–Trinajstić information content (AvgIpc) is 2.62. The quantitative estimate of drug-likeness (QED) is 0.774. The topological polar surface area (TPSA) is 64.1 Å². The number of fused-ring (bicyclic) bond motifs is 2. The molecule has 1 aromatic heterocycles. The second-order valence-electron chi connectivity index (χ2n) is 6.33. The van der Waals surface area contributed by atoms with Gasteiger partial charge in [0.2, 0.25) is 0 Å². The van der Waals surface area contributed by atoms with E-state index >= 15 is 0 Å². The van der Waals surface area contributed by atoms with Gasteiger partial charge in [-0.2, -0.15) is 0 Å². The summed E-state index contributed by atoms with van der Waals surface area (Å²) in [4.78, 5) is 21.6. The zero-order chi connectivity index (χ0) is 17.4. The zero-order valence-electron chi connectivity index (χ0n) is 14.3. The maximum atomic E-state index is 12.6. The normalized spacial score (nSPS) is 13.2. The van der Waals surface area contributed by atoms with E-state index in [4.69, 9.17) is 4.74 Å². The lowest BCUT2D eigenvalue weighted by atomic mass is 10.1. The smallest absolute Gasteiger partial charge is 0.255 e. The number of hydrogen-bond acceptors (Lipinski definition) is 4. The lowest BCUT2D eigenvalue weighted by molar-refractivity contribution is 0.102. The summed E-state index contributed by atoms with van der Waals surface area (Å²) in [6.07, 6.45) is 1.98. The molecule has 126 valence electrons. The molecule has 1 N–H and O–H groups in total. The summed E-state index contributed by atoms with van der Waals surface area (Å²) in [5.74, 6) is 0.759. The van der Waals surface area contributed by atoms with Crippen LogP contribution in [0.5, 0.6) is 5.75 Å². The number of nitrogens with zero attached hydrogens (tertiary/aromatic N) is 2. The number of carbonyl (C=O) groups is 1. The van der Waals surface area contributed by atoms with Gasteiger partial charge in [-0.25, -0.2) is 9.97 Å².